The number of para-hydroxylation sites is 2. The number of ether oxygens (including phenoxy) is 2. The van der Waals surface area contributed by atoms with E-state index in [0.717, 1.165) is 32.9 Å². The first-order chi connectivity index (χ1) is 13.7. The lowest BCUT2D eigenvalue weighted by molar-refractivity contribution is -0.169. The molecular weight excluding hydrogens is 356 g/mol. The molecule has 0 aliphatic heterocycles. The summed E-state index contributed by atoms with van der Waals surface area (Å²) in [4.78, 5) is 32.6. The minimum atomic E-state index is -1.04. The van der Waals surface area contributed by atoms with Crippen molar-refractivity contribution in [3.8, 4) is 0 Å². The molecule has 6 heteroatoms. The summed E-state index contributed by atoms with van der Waals surface area (Å²) >= 11 is 0. The predicted octanol–water partition coefficient (Wildman–Crippen LogP) is 3.57. The second-order valence-corrected chi connectivity index (χ2v) is 6.14. The molecule has 0 amide bonds. The number of carbonyl (C=O) groups excluding carboxylic acids is 2. The number of hydrogen-bond donors (Lipinski definition) is 0. The molecule has 0 bridgehead atoms. The fourth-order valence-electron chi connectivity index (χ4n) is 2.97. The van der Waals surface area contributed by atoms with Crippen LogP contribution in [0.4, 0.5) is 0 Å². The zero-order valence-electron chi connectivity index (χ0n) is 14.9. The second-order valence-electron chi connectivity index (χ2n) is 6.14. The van der Waals surface area contributed by atoms with Crippen LogP contribution >= 0.6 is 0 Å². The van der Waals surface area contributed by atoms with Crippen molar-refractivity contribution in [1.82, 2.24) is 9.97 Å². The molecule has 4 rings (SSSR count). The summed E-state index contributed by atoms with van der Waals surface area (Å²) < 4.78 is 10.2. The summed E-state index contributed by atoms with van der Waals surface area (Å²) in [5.74, 6) is -2.08. The molecular formula is C22H16N2O4. The SMILES string of the molecule is O=C(OCc1cccc2cccnc12)C(=O)OCc1cccc2cccnc12. The molecule has 0 saturated carbocycles. The maximum atomic E-state index is 12.0. The van der Waals surface area contributed by atoms with Gasteiger partial charge in [0.1, 0.15) is 13.2 Å². The number of fused-ring (bicyclic) bond motifs is 2. The molecule has 138 valence electrons. The first kappa shape index (κ1) is 17.6. The molecule has 0 aliphatic rings. The fraction of sp³-hybridized carbons (Fsp3) is 0.0909. The van der Waals surface area contributed by atoms with Gasteiger partial charge in [0.25, 0.3) is 0 Å². The van der Waals surface area contributed by atoms with Crippen molar-refractivity contribution in [2.24, 2.45) is 0 Å². The molecule has 2 heterocycles. The van der Waals surface area contributed by atoms with Gasteiger partial charge >= 0.3 is 11.9 Å². The van der Waals surface area contributed by atoms with Crippen molar-refractivity contribution in [1.29, 1.82) is 0 Å². The van der Waals surface area contributed by atoms with Gasteiger partial charge in [-0.15, -0.1) is 0 Å². The van der Waals surface area contributed by atoms with E-state index < -0.39 is 11.9 Å². The Balaban J connectivity index is 1.39. The van der Waals surface area contributed by atoms with Crippen LogP contribution in [-0.4, -0.2) is 21.9 Å². The van der Waals surface area contributed by atoms with E-state index in [1.54, 1.807) is 24.5 Å². The van der Waals surface area contributed by atoms with Crippen molar-refractivity contribution < 1.29 is 19.1 Å². The third-order valence-electron chi connectivity index (χ3n) is 4.32. The molecule has 0 unspecified atom stereocenters. The monoisotopic (exact) mass is 372 g/mol. The van der Waals surface area contributed by atoms with Crippen LogP contribution in [0.3, 0.4) is 0 Å². The van der Waals surface area contributed by atoms with Crippen LogP contribution in [0, 0.1) is 0 Å². The Morgan fingerprint density at radius 3 is 1.54 bits per heavy atom. The van der Waals surface area contributed by atoms with E-state index in [0.29, 0.717) is 0 Å². The average molecular weight is 372 g/mol. The van der Waals surface area contributed by atoms with Crippen LogP contribution in [0.15, 0.2) is 73.1 Å². The van der Waals surface area contributed by atoms with Crippen LogP contribution in [0.5, 0.6) is 0 Å². The molecule has 4 aromatic rings. The lowest BCUT2D eigenvalue weighted by atomic mass is 10.1. The van der Waals surface area contributed by atoms with Gasteiger partial charge in [0, 0.05) is 34.3 Å². The van der Waals surface area contributed by atoms with E-state index in [9.17, 15) is 9.59 Å². The van der Waals surface area contributed by atoms with E-state index in [2.05, 4.69) is 9.97 Å². The Labute approximate surface area is 160 Å². The van der Waals surface area contributed by atoms with Gasteiger partial charge in [-0.3, -0.25) is 9.97 Å². The van der Waals surface area contributed by atoms with Crippen molar-refractivity contribution in [3.05, 3.63) is 84.2 Å². The standard InChI is InChI=1S/C22H16N2O4/c25-21(27-13-17-7-1-5-15-9-3-11-23-19(15)17)22(26)28-14-18-8-2-6-16-10-4-12-24-20(16)18/h1-12H,13-14H2. The fourth-order valence-corrected chi connectivity index (χ4v) is 2.97. The number of pyridine rings is 2. The van der Waals surface area contributed by atoms with Crippen molar-refractivity contribution in [2.75, 3.05) is 0 Å². The van der Waals surface area contributed by atoms with E-state index in [1.807, 2.05) is 48.5 Å². The quantitative estimate of drug-likeness (QED) is 0.403. The smallest absolute Gasteiger partial charge is 0.417 e. The summed E-state index contributed by atoms with van der Waals surface area (Å²) in [6.45, 7) is -0.115. The summed E-state index contributed by atoms with van der Waals surface area (Å²) in [5.41, 5.74) is 2.90. The molecule has 0 atom stereocenters. The summed E-state index contributed by atoms with van der Waals surface area (Å²) in [6.07, 6.45) is 3.33. The molecule has 6 nitrogen and oxygen atoms in total. The highest BCUT2D eigenvalue weighted by Crippen LogP contribution is 2.18. The Morgan fingerprint density at radius 1 is 0.643 bits per heavy atom. The van der Waals surface area contributed by atoms with E-state index in [-0.39, 0.29) is 13.2 Å². The van der Waals surface area contributed by atoms with Gasteiger partial charge < -0.3 is 9.47 Å². The highest BCUT2D eigenvalue weighted by molar-refractivity contribution is 6.29. The predicted molar refractivity (Wildman–Crippen MR) is 103 cm³/mol. The molecule has 2 aromatic carbocycles. The van der Waals surface area contributed by atoms with Crippen molar-refractivity contribution in [2.45, 2.75) is 13.2 Å². The first-order valence-corrected chi connectivity index (χ1v) is 8.71. The minimum Gasteiger partial charge on any atom is -0.452 e. The number of nitrogens with zero attached hydrogens (tertiary/aromatic N) is 2. The molecule has 0 fully saturated rings. The maximum Gasteiger partial charge on any atom is 0.417 e. The van der Waals surface area contributed by atoms with Gasteiger partial charge in [0.15, 0.2) is 0 Å². The number of rotatable bonds is 4. The molecule has 0 N–H and O–H groups in total. The molecule has 0 spiro atoms. The van der Waals surface area contributed by atoms with Gasteiger partial charge in [0.05, 0.1) is 11.0 Å². The summed E-state index contributed by atoms with van der Waals surface area (Å²) in [5, 5.41) is 1.86. The number of carbonyl (C=O) groups is 2. The Bertz CT molecular complexity index is 1070. The van der Waals surface area contributed by atoms with Crippen LogP contribution in [0.2, 0.25) is 0 Å². The third-order valence-corrected chi connectivity index (χ3v) is 4.32. The van der Waals surface area contributed by atoms with Crippen LogP contribution in [0.1, 0.15) is 11.1 Å². The topological polar surface area (TPSA) is 78.4 Å². The summed E-state index contributed by atoms with van der Waals surface area (Å²) in [7, 11) is 0. The van der Waals surface area contributed by atoms with E-state index in [1.165, 1.54) is 0 Å². The molecule has 0 radical (unpaired) electrons. The van der Waals surface area contributed by atoms with Gasteiger partial charge in [0.2, 0.25) is 0 Å². The van der Waals surface area contributed by atoms with E-state index >= 15 is 0 Å². The highest BCUT2D eigenvalue weighted by Gasteiger charge is 2.18. The number of hydrogen-bond acceptors (Lipinski definition) is 6. The molecule has 28 heavy (non-hydrogen) atoms. The van der Waals surface area contributed by atoms with Crippen molar-refractivity contribution in [3.63, 3.8) is 0 Å². The molecule has 0 aliphatic carbocycles. The van der Waals surface area contributed by atoms with Gasteiger partial charge in [-0.2, -0.15) is 0 Å². The lowest BCUT2D eigenvalue weighted by Crippen LogP contribution is -2.20. The maximum absolute atomic E-state index is 12.0. The van der Waals surface area contributed by atoms with E-state index in [4.69, 9.17) is 9.47 Å². The van der Waals surface area contributed by atoms with Crippen LogP contribution in [-0.2, 0) is 32.3 Å². The largest absolute Gasteiger partial charge is 0.452 e. The molecule has 0 saturated heterocycles. The number of aromatic nitrogens is 2. The number of benzene rings is 2. The van der Waals surface area contributed by atoms with Crippen LogP contribution < -0.4 is 0 Å². The number of esters is 2. The first-order valence-electron chi connectivity index (χ1n) is 8.71. The normalized spacial score (nSPS) is 10.7. The average Bonchev–Trinajstić information content (AvgIpc) is 2.75. The van der Waals surface area contributed by atoms with Gasteiger partial charge in [-0.25, -0.2) is 9.59 Å². The summed E-state index contributed by atoms with van der Waals surface area (Å²) in [6, 6.07) is 18.6. The molecule has 2 aromatic heterocycles. The highest BCUT2D eigenvalue weighted by atomic mass is 16.6. The lowest BCUT2D eigenvalue weighted by Gasteiger charge is -2.08. The van der Waals surface area contributed by atoms with Crippen LogP contribution in [0.25, 0.3) is 21.8 Å². The Hall–Kier alpha value is -3.80. The Morgan fingerprint density at radius 2 is 1.07 bits per heavy atom. The zero-order valence-corrected chi connectivity index (χ0v) is 14.9. The van der Waals surface area contributed by atoms with Gasteiger partial charge in [-0.1, -0.05) is 48.5 Å². The zero-order chi connectivity index (χ0) is 19.3. The second kappa shape index (κ2) is 7.84. The minimum absolute atomic E-state index is 0.0574. The van der Waals surface area contributed by atoms with Gasteiger partial charge in [-0.05, 0) is 12.1 Å². The van der Waals surface area contributed by atoms with Crippen molar-refractivity contribution >= 4 is 33.7 Å². The third kappa shape index (κ3) is 3.66. The Kier molecular flexibility index (Phi) is 4.93.